The molecular weight excluding hydrogens is 488 g/mol. The van der Waals surface area contributed by atoms with Gasteiger partial charge in [-0.25, -0.2) is 0 Å². The fourth-order valence-corrected chi connectivity index (χ4v) is 4.89. The van der Waals surface area contributed by atoms with E-state index in [1.54, 1.807) is 24.3 Å². The fraction of sp³-hybridized carbons (Fsp3) is 0.267. The molecule has 1 heterocycles. The number of halogens is 1. The lowest BCUT2D eigenvalue weighted by Crippen LogP contribution is -2.29. The highest BCUT2D eigenvalue weighted by atomic mass is 35.5. The van der Waals surface area contributed by atoms with E-state index in [0.29, 0.717) is 28.6 Å². The van der Waals surface area contributed by atoms with Gasteiger partial charge in [-0.1, -0.05) is 35.9 Å². The molecular formula is C30H31ClN2O4. The third kappa shape index (κ3) is 5.07. The summed E-state index contributed by atoms with van der Waals surface area (Å²) in [6.07, 6.45) is 0. The molecule has 0 radical (unpaired) electrons. The van der Waals surface area contributed by atoms with E-state index in [-0.39, 0.29) is 11.3 Å². The Kier molecular flexibility index (Phi) is 7.89. The van der Waals surface area contributed by atoms with Crippen molar-refractivity contribution < 1.29 is 19.4 Å². The minimum atomic E-state index is -0.807. The van der Waals surface area contributed by atoms with Crippen LogP contribution in [0.3, 0.4) is 0 Å². The molecule has 3 aromatic rings. The van der Waals surface area contributed by atoms with Gasteiger partial charge < -0.3 is 14.7 Å². The zero-order valence-corrected chi connectivity index (χ0v) is 22.2. The lowest BCUT2D eigenvalue weighted by Gasteiger charge is -2.27. The van der Waals surface area contributed by atoms with Crippen LogP contribution in [-0.4, -0.2) is 36.5 Å². The van der Waals surface area contributed by atoms with E-state index in [2.05, 4.69) is 18.7 Å². The van der Waals surface area contributed by atoms with Crippen molar-refractivity contribution in [3.8, 4) is 5.75 Å². The van der Waals surface area contributed by atoms with Crippen molar-refractivity contribution in [2.45, 2.75) is 33.7 Å². The van der Waals surface area contributed by atoms with E-state index in [0.717, 1.165) is 29.9 Å². The van der Waals surface area contributed by atoms with Gasteiger partial charge in [-0.2, -0.15) is 0 Å². The summed E-state index contributed by atoms with van der Waals surface area (Å²) in [4.78, 5) is 30.5. The molecule has 0 saturated carbocycles. The molecule has 1 unspecified atom stereocenters. The number of carbonyl (C=O) groups is 2. The van der Waals surface area contributed by atoms with E-state index in [1.165, 1.54) is 4.90 Å². The Balaban J connectivity index is 1.90. The van der Waals surface area contributed by atoms with Crippen molar-refractivity contribution in [3.05, 3.63) is 94.0 Å². The molecule has 0 bridgehead atoms. The molecule has 1 atom stereocenters. The standard InChI is InChI=1S/C30H31ClN2O4/c1-5-32(6-2)22-14-11-20(12-15-22)27-26(28(34)21-13-16-24(31)25(18-21)37-7-3)29(35)30(36)33(27)23-10-8-9-19(4)17-23/h8-18,27,34H,5-7H2,1-4H3/b28-26-. The number of ketones is 1. The van der Waals surface area contributed by atoms with Gasteiger partial charge in [-0.3, -0.25) is 14.5 Å². The highest BCUT2D eigenvalue weighted by molar-refractivity contribution is 6.51. The average Bonchev–Trinajstić information content (AvgIpc) is 3.16. The molecule has 1 N–H and O–H groups in total. The summed E-state index contributed by atoms with van der Waals surface area (Å²) in [6.45, 7) is 10.0. The highest BCUT2D eigenvalue weighted by Gasteiger charge is 2.47. The van der Waals surface area contributed by atoms with Gasteiger partial charge >= 0.3 is 0 Å². The number of hydrogen-bond acceptors (Lipinski definition) is 5. The van der Waals surface area contributed by atoms with Crippen molar-refractivity contribution in [1.29, 1.82) is 0 Å². The summed E-state index contributed by atoms with van der Waals surface area (Å²) < 4.78 is 5.58. The first-order valence-electron chi connectivity index (χ1n) is 12.5. The topological polar surface area (TPSA) is 70.1 Å². The normalized spacial score (nSPS) is 16.8. The zero-order valence-electron chi connectivity index (χ0n) is 21.5. The Hall–Kier alpha value is -3.77. The molecule has 192 valence electrons. The third-order valence-electron chi connectivity index (χ3n) is 6.57. The zero-order chi connectivity index (χ0) is 26.7. The number of anilines is 2. The predicted octanol–water partition coefficient (Wildman–Crippen LogP) is 6.52. The van der Waals surface area contributed by atoms with Gasteiger partial charge in [0.05, 0.1) is 23.2 Å². The molecule has 6 nitrogen and oxygen atoms in total. The lowest BCUT2D eigenvalue weighted by atomic mass is 9.94. The third-order valence-corrected chi connectivity index (χ3v) is 6.88. The summed E-state index contributed by atoms with van der Waals surface area (Å²) >= 11 is 6.24. The Morgan fingerprint density at radius 3 is 2.32 bits per heavy atom. The number of rotatable bonds is 8. The molecule has 0 spiro atoms. The van der Waals surface area contributed by atoms with Gasteiger partial charge in [0, 0.05) is 30.0 Å². The number of carbonyl (C=O) groups excluding carboxylic acids is 2. The maximum absolute atomic E-state index is 13.4. The van der Waals surface area contributed by atoms with Crippen LogP contribution in [0, 0.1) is 6.92 Å². The number of benzene rings is 3. The SMILES string of the molecule is CCOc1cc(/C(O)=C2/C(=O)C(=O)N(c3cccc(C)c3)C2c2ccc(N(CC)CC)cc2)ccc1Cl. The minimum absolute atomic E-state index is 0.0202. The Morgan fingerprint density at radius 2 is 1.70 bits per heavy atom. The summed E-state index contributed by atoms with van der Waals surface area (Å²) in [6, 6.07) is 19.2. The molecule has 3 aromatic carbocycles. The predicted molar refractivity (Wildman–Crippen MR) is 149 cm³/mol. The van der Waals surface area contributed by atoms with Crippen LogP contribution in [0.1, 0.15) is 43.5 Å². The first kappa shape index (κ1) is 26.3. The van der Waals surface area contributed by atoms with Crippen LogP contribution >= 0.6 is 11.6 Å². The molecule has 4 rings (SSSR count). The van der Waals surface area contributed by atoms with Crippen LogP contribution in [0.2, 0.25) is 5.02 Å². The van der Waals surface area contributed by atoms with E-state index >= 15 is 0 Å². The monoisotopic (exact) mass is 518 g/mol. The molecule has 1 aliphatic heterocycles. The number of nitrogens with zero attached hydrogens (tertiary/aromatic N) is 2. The minimum Gasteiger partial charge on any atom is -0.507 e. The first-order chi connectivity index (χ1) is 17.8. The smallest absolute Gasteiger partial charge is 0.300 e. The van der Waals surface area contributed by atoms with Gasteiger partial charge in [0.1, 0.15) is 11.5 Å². The number of amides is 1. The lowest BCUT2D eigenvalue weighted by molar-refractivity contribution is -0.132. The average molecular weight is 519 g/mol. The molecule has 1 fully saturated rings. The second-order valence-electron chi connectivity index (χ2n) is 8.85. The van der Waals surface area contributed by atoms with Crippen LogP contribution in [0.4, 0.5) is 11.4 Å². The molecule has 1 saturated heterocycles. The maximum Gasteiger partial charge on any atom is 0.300 e. The second-order valence-corrected chi connectivity index (χ2v) is 9.26. The van der Waals surface area contributed by atoms with E-state index in [1.807, 2.05) is 56.3 Å². The van der Waals surface area contributed by atoms with Crippen LogP contribution in [0.5, 0.6) is 5.75 Å². The quantitative estimate of drug-likeness (QED) is 0.209. The number of aryl methyl sites for hydroxylation is 1. The largest absolute Gasteiger partial charge is 0.507 e. The van der Waals surface area contributed by atoms with Gasteiger partial charge in [0.2, 0.25) is 0 Å². The number of aliphatic hydroxyl groups excluding tert-OH is 1. The number of aliphatic hydroxyl groups is 1. The summed E-state index contributed by atoms with van der Waals surface area (Å²) in [5, 5.41) is 11.8. The Labute approximate surface area is 222 Å². The number of Topliss-reactive ketones (excluding diaryl/α,β-unsaturated/α-hetero) is 1. The van der Waals surface area contributed by atoms with Crippen molar-refractivity contribution >= 4 is 40.4 Å². The molecule has 0 aromatic heterocycles. The molecule has 1 amide bonds. The van der Waals surface area contributed by atoms with Crippen LogP contribution in [-0.2, 0) is 9.59 Å². The molecule has 1 aliphatic rings. The van der Waals surface area contributed by atoms with Crippen LogP contribution in [0.15, 0.2) is 72.3 Å². The van der Waals surface area contributed by atoms with Crippen LogP contribution in [0.25, 0.3) is 5.76 Å². The maximum atomic E-state index is 13.4. The van der Waals surface area contributed by atoms with Crippen molar-refractivity contribution in [3.63, 3.8) is 0 Å². The summed E-state index contributed by atoms with van der Waals surface area (Å²) in [5.74, 6) is -1.32. The number of hydrogen-bond donors (Lipinski definition) is 1. The Bertz CT molecular complexity index is 1350. The van der Waals surface area contributed by atoms with Crippen molar-refractivity contribution in [1.82, 2.24) is 0 Å². The van der Waals surface area contributed by atoms with Crippen molar-refractivity contribution in [2.24, 2.45) is 0 Å². The van der Waals surface area contributed by atoms with E-state index < -0.39 is 17.7 Å². The van der Waals surface area contributed by atoms with Gasteiger partial charge in [-0.15, -0.1) is 0 Å². The summed E-state index contributed by atoms with van der Waals surface area (Å²) in [5.41, 5.74) is 3.67. The number of ether oxygens (including phenoxy) is 1. The fourth-order valence-electron chi connectivity index (χ4n) is 4.72. The summed E-state index contributed by atoms with van der Waals surface area (Å²) in [7, 11) is 0. The van der Waals surface area contributed by atoms with Gasteiger partial charge in [-0.05, 0) is 81.3 Å². The Morgan fingerprint density at radius 1 is 1.00 bits per heavy atom. The van der Waals surface area contributed by atoms with Gasteiger partial charge in [0.25, 0.3) is 11.7 Å². The van der Waals surface area contributed by atoms with Gasteiger partial charge in [0.15, 0.2) is 0 Å². The highest BCUT2D eigenvalue weighted by Crippen LogP contribution is 2.43. The molecule has 37 heavy (non-hydrogen) atoms. The first-order valence-corrected chi connectivity index (χ1v) is 12.8. The van der Waals surface area contributed by atoms with E-state index in [4.69, 9.17) is 16.3 Å². The van der Waals surface area contributed by atoms with Crippen molar-refractivity contribution in [2.75, 3.05) is 29.5 Å². The molecule has 7 heteroatoms. The molecule has 0 aliphatic carbocycles. The van der Waals surface area contributed by atoms with E-state index in [9.17, 15) is 14.7 Å². The van der Waals surface area contributed by atoms with Crippen LogP contribution < -0.4 is 14.5 Å². The second kappa shape index (κ2) is 11.1.